The van der Waals surface area contributed by atoms with Crippen LogP contribution in [0.1, 0.15) is 22.3 Å². The lowest BCUT2D eigenvalue weighted by atomic mass is 9.99. The molecule has 0 saturated heterocycles. The zero-order valence-corrected chi connectivity index (χ0v) is 15.9. The van der Waals surface area contributed by atoms with E-state index in [-0.39, 0.29) is 0 Å². The molecule has 4 rings (SSSR count). The summed E-state index contributed by atoms with van der Waals surface area (Å²) in [7, 11) is 3.37. The van der Waals surface area contributed by atoms with E-state index in [1.54, 1.807) is 25.6 Å². The normalized spacial score (nSPS) is 13.8. The molecule has 1 aromatic heterocycles. The maximum atomic E-state index is 5.46. The van der Waals surface area contributed by atoms with Gasteiger partial charge in [-0.1, -0.05) is 17.4 Å². The first kappa shape index (κ1) is 16.2. The molecule has 0 bridgehead atoms. The Kier molecular flexibility index (Phi) is 4.04. The standard InChI is InChI=1S/C20H22N2O2S/c1-12-7-13(2)19-18(8-12)25-20(21-19)22-6-5-14-9-16(23-3)17(24-4)10-15(14)11-22/h7-10H,5-6,11H2,1-4H3. The summed E-state index contributed by atoms with van der Waals surface area (Å²) in [5.74, 6) is 1.60. The lowest BCUT2D eigenvalue weighted by Crippen LogP contribution is -2.30. The van der Waals surface area contributed by atoms with Gasteiger partial charge in [-0.25, -0.2) is 4.98 Å². The van der Waals surface area contributed by atoms with E-state index in [1.807, 2.05) is 0 Å². The van der Waals surface area contributed by atoms with Crippen molar-refractivity contribution >= 4 is 26.7 Å². The SMILES string of the molecule is COc1cc2c(cc1OC)CN(c1nc3c(C)cc(C)cc3s1)CC2. The number of aryl methyl sites for hydroxylation is 2. The summed E-state index contributed by atoms with van der Waals surface area (Å²) in [6.07, 6.45) is 0.990. The quantitative estimate of drug-likeness (QED) is 0.694. The van der Waals surface area contributed by atoms with Gasteiger partial charge >= 0.3 is 0 Å². The Morgan fingerprint density at radius 2 is 1.72 bits per heavy atom. The van der Waals surface area contributed by atoms with E-state index in [9.17, 15) is 0 Å². The van der Waals surface area contributed by atoms with Crippen LogP contribution in [0.15, 0.2) is 24.3 Å². The van der Waals surface area contributed by atoms with Gasteiger partial charge in [0.15, 0.2) is 16.6 Å². The predicted molar refractivity (Wildman–Crippen MR) is 103 cm³/mol. The number of anilines is 1. The largest absolute Gasteiger partial charge is 0.493 e. The monoisotopic (exact) mass is 354 g/mol. The minimum absolute atomic E-state index is 0.791. The van der Waals surface area contributed by atoms with Crippen LogP contribution >= 0.6 is 11.3 Å². The molecule has 3 aromatic rings. The fraction of sp³-hybridized carbons (Fsp3) is 0.350. The molecule has 0 unspecified atom stereocenters. The van der Waals surface area contributed by atoms with E-state index >= 15 is 0 Å². The van der Waals surface area contributed by atoms with Gasteiger partial charge in [-0.3, -0.25) is 0 Å². The van der Waals surface area contributed by atoms with Crippen LogP contribution in [0.4, 0.5) is 5.13 Å². The molecule has 0 aliphatic carbocycles. The van der Waals surface area contributed by atoms with Crippen LogP contribution < -0.4 is 14.4 Å². The Labute approximate surface area is 152 Å². The van der Waals surface area contributed by atoms with Gasteiger partial charge in [-0.2, -0.15) is 0 Å². The Morgan fingerprint density at radius 3 is 2.44 bits per heavy atom. The first-order chi connectivity index (χ1) is 12.1. The van der Waals surface area contributed by atoms with Crippen LogP contribution in [-0.4, -0.2) is 25.7 Å². The lowest BCUT2D eigenvalue weighted by Gasteiger charge is -2.29. The molecule has 0 radical (unpaired) electrons. The third-order valence-corrected chi connectivity index (χ3v) is 5.87. The summed E-state index contributed by atoms with van der Waals surface area (Å²) in [4.78, 5) is 7.28. The average Bonchev–Trinajstić information content (AvgIpc) is 3.04. The van der Waals surface area contributed by atoms with E-state index in [1.165, 1.54) is 27.0 Å². The molecule has 0 fully saturated rings. The Balaban J connectivity index is 1.69. The predicted octanol–water partition coefficient (Wildman–Crippen LogP) is 4.49. The molecule has 0 N–H and O–H groups in total. The van der Waals surface area contributed by atoms with Gasteiger partial charge in [0.25, 0.3) is 0 Å². The van der Waals surface area contributed by atoms with Crippen molar-refractivity contribution in [1.82, 2.24) is 4.98 Å². The van der Waals surface area contributed by atoms with Crippen LogP contribution in [0.3, 0.4) is 0 Å². The highest BCUT2D eigenvalue weighted by atomic mass is 32.1. The maximum Gasteiger partial charge on any atom is 0.186 e. The van der Waals surface area contributed by atoms with Gasteiger partial charge in [0.1, 0.15) is 0 Å². The molecule has 0 atom stereocenters. The van der Waals surface area contributed by atoms with E-state index in [4.69, 9.17) is 14.5 Å². The zero-order chi connectivity index (χ0) is 17.6. The molecule has 2 heterocycles. The van der Waals surface area contributed by atoms with Crippen molar-refractivity contribution in [3.05, 3.63) is 46.5 Å². The Bertz CT molecular complexity index is 949. The van der Waals surface area contributed by atoms with Crippen molar-refractivity contribution in [2.45, 2.75) is 26.8 Å². The number of methoxy groups -OCH3 is 2. The second-order valence-corrected chi connectivity index (χ2v) is 7.58. The lowest BCUT2D eigenvalue weighted by molar-refractivity contribution is 0.353. The molecule has 1 aliphatic rings. The maximum absolute atomic E-state index is 5.46. The van der Waals surface area contributed by atoms with Gasteiger partial charge in [-0.05, 0) is 60.7 Å². The average molecular weight is 354 g/mol. The smallest absolute Gasteiger partial charge is 0.186 e. The zero-order valence-electron chi connectivity index (χ0n) is 15.0. The van der Waals surface area contributed by atoms with Gasteiger partial charge in [0.2, 0.25) is 0 Å². The molecular formula is C20H22N2O2S. The summed E-state index contributed by atoms with van der Waals surface area (Å²) in [5, 5.41) is 1.10. The van der Waals surface area contributed by atoms with Crippen molar-refractivity contribution in [3.63, 3.8) is 0 Å². The van der Waals surface area contributed by atoms with Crippen LogP contribution in [0.25, 0.3) is 10.2 Å². The number of hydrogen-bond donors (Lipinski definition) is 0. The second kappa shape index (κ2) is 6.23. The summed E-state index contributed by atoms with van der Waals surface area (Å²) in [6, 6.07) is 8.64. The summed E-state index contributed by atoms with van der Waals surface area (Å²) >= 11 is 1.78. The van der Waals surface area contributed by atoms with Gasteiger partial charge in [0.05, 0.1) is 24.4 Å². The highest BCUT2D eigenvalue weighted by Gasteiger charge is 2.22. The first-order valence-electron chi connectivity index (χ1n) is 8.45. The van der Waals surface area contributed by atoms with E-state index in [0.717, 1.165) is 41.7 Å². The van der Waals surface area contributed by atoms with Crippen LogP contribution in [0, 0.1) is 13.8 Å². The van der Waals surface area contributed by atoms with Crippen LogP contribution in [-0.2, 0) is 13.0 Å². The van der Waals surface area contributed by atoms with Crippen molar-refractivity contribution < 1.29 is 9.47 Å². The first-order valence-corrected chi connectivity index (χ1v) is 9.27. The highest BCUT2D eigenvalue weighted by Crippen LogP contribution is 2.37. The van der Waals surface area contributed by atoms with Crippen LogP contribution in [0.2, 0.25) is 0 Å². The molecule has 5 heteroatoms. The second-order valence-electron chi connectivity index (χ2n) is 6.57. The van der Waals surface area contributed by atoms with Crippen LogP contribution in [0.5, 0.6) is 11.5 Å². The molecule has 1 aliphatic heterocycles. The van der Waals surface area contributed by atoms with Crippen molar-refractivity contribution in [2.75, 3.05) is 25.7 Å². The third-order valence-electron chi connectivity index (χ3n) is 4.81. The number of benzene rings is 2. The minimum atomic E-state index is 0.791. The highest BCUT2D eigenvalue weighted by molar-refractivity contribution is 7.22. The molecule has 0 saturated carbocycles. The number of aromatic nitrogens is 1. The Morgan fingerprint density at radius 1 is 1.00 bits per heavy atom. The van der Waals surface area contributed by atoms with E-state index in [2.05, 4.69) is 43.0 Å². The minimum Gasteiger partial charge on any atom is -0.493 e. The fourth-order valence-corrected chi connectivity index (χ4v) is 4.71. The molecule has 0 spiro atoms. The molecule has 130 valence electrons. The summed E-state index contributed by atoms with van der Waals surface area (Å²) in [5.41, 5.74) is 6.30. The van der Waals surface area contributed by atoms with E-state index in [0.29, 0.717) is 0 Å². The number of rotatable bonds is 3. The number of nitrogens with zero attached hydrogens (tertiary/aromatic N) is 2. The summed E-state index contributed by atoms with van der Waals surface area (Å²) < 4.78 is 12.2. The topological polar surface area (TPSA) is 34.6 Å². The molecular weight excluding hydrogens is 332 g/mol. The molecule has 25 heavy (non-hydrogen) atoms. The molecule has 0 amide bonds. The van der Waals surface area contributed by atoms with Gasteiger partial charge < -0.3 is 14.4 Å². The van der Waals surface area contributed by atoms with Crippen molar-refractivity contribution in [3.8, 4) is 11.5 Å². The van der Waals surface area contributed by atoms with E-state index < -0.39 is 0 Å². The summed E-state index contributed by atoms with van der Waals surface area (Å²) in [6.45, 7) is 6.11. The van der Waals surface area contributed by atoms with Crippen molar-refractivity contribution in [1.29, 1.82) is 0 Å². The molecule has 2 aromatic carbocycles. The number of thiazole rings is 1. The number of ether oxygens (including phenoxy) is 2. The molecule has 4 nitrogen and oxygen atoms in total. The number of hydrogen-bond acceptors (Lipinski definition) is 5. The fourth-order valence-electron chi connectivity index (χ4n) is 3.54. The third kappa shape index (κ3) is 2.82. The van der Waals surface area contributed by atoms with Gasteiger partial charge in [-0.15, -0.1) is 0 Å². The van der Waals surface area contributed by atoms with Crippen molar-refractivity contribution in [2.24, 2.45) is 0 Å². The Hall–Kier alpha value is -2.27. The number of fused-ring (bicyclic) bond motifs is 2. The van der Waals surface area contributed by atoms with Gasteiger partial charge in [0, 0.05) is 13.1 Å².